The van der Waals surface area contributed by atoms with Gasteiger partial charge in [-0.3, -0.25) is 14.5 Å². The van der Waals surface area contributed by atoms with Gasteiger partial charge < -0.3 is 9.15 Å². The Bertz CT molecular complexity index is 949. The number of furan rings is 1. The molecule has 2 aromatic rings. The highest BCUT2D eigenvalue weighted by molar-refractivity contribution is 8.18. The van der Waals surface area contributed by atoms with E-state index in [2.05, 4.69) is 0 Å². The molecule has 1 aliphatic heterocycles. The zero-order valence-corrected chi connectivity index (χ0v) is 16.2. The minimum atomic E-state index is -0.510. The van der Waals surface area contributed by atoms with E-state index in [1.165, 1.54) is 11.0 Å². The number of likely N-dealkylation sites (N-methyl/N-ethyl adjacent to an activating group) is 1. The number of carbonyl (C=O) groups is 3. The minimum Gasteiger partial charge on any atom is -0.462 e. The Hall–Kier alpha value is -2.51. The Labute approximate surface area is 165 Å². The molecule has 0 radical (unpaired) electrons. The Balaban J connectivity index is 1.88. The molecule has 2 amide bonds. The first-order valence-electron chi connectivity index (χ1n) is 8.26. The maximum absolute atomic E-state index is 12.2. The maximum Gasteiger partial charge on any atom is 0.339 e. The molecule has 1 aromatic heterocycles. The molecule has 1 saturated heterocycles. The van der Waals surface area contributed by atoms with Crippen LogP contribution in [-0.2, 0) is 9.53 Å². The molecule has 2 heterocycles. The zero-order chi connectivity index (χ0) is 19.6. The van der Waals surface area contributed by atoms with Crippen molar-refractivity contribution < 1.29 is 23.5 Å². The van der Waals surface area contributed by atoms with Crippen molar-refractivity contribution >= 4 is 46.6 Å². The van der Waals surface area contributed by atoms with Crippen LogP contribution in [0.15, 0.2) is 39.7 Å². The van der Waals surface area contributed by atoms with E-state index in [-0.39, 0.29) is 28.3 Å². The average molecular weight is 406 g/mol. The van der Waals surface area contributed by atoms with Gasteiger partial charge in [-0.15, -0.1) is 0 Å². The van der Waals surface area contributed by atoms with Crippen LogP contribution in [0.4, 0.5) is 4.79 Å². The van der Waals surface area contributed by atoms with Crippen LogP contribution < -0.4 is 0 Å². The van der Waals surface area contributed by atoms with E-state index in [1.807, 2.05) is 0 Å². The van der Waals surface area contributed by atoms with Gasteiger partial charge in [-0.2, -0.15) is 0 Å². The van der Waals surface area contributed by atoms with Crippen LogP contribution in [0.2, 0.25) is 5.02 Å². The second kappa shape index (κ2) is 8.02. The maximum atomic E-state index is 12.2. The van der Waals surface area contributed by atoms with Gasteiger partial charge in [0.2, 0.25) is 0 Å². The summed E-state index contributed by atoms with van der Waals surface area (Å²) in [4.78, 5) is 37.4. The van der Waals surface area contributed by atoms with Crippen molar-refractivity contribution in [2.45, 2.75) is 13.8 Å². The van der Waals surface area contributed by atoms with Crippen LogP contribution in [0.5, 0.6) is 0 Å². The lowest BCUT2D eigenvalue weighted by Gasteiger charge is -2.06. The fraction of sp³-hybridized carbons (Fsp3) is 0.211. The van der Waals surface area contributed by atoms with Gasteiger partial charge in [-0.1, -0.05) is 11.6 Å². The largest absolute Gasteiger partial charge is 0.462 e. The standard InChI is InChI=1S/C19H16ClNO5S/c1-3-21-17(22)16(27-19(21)24)10-12-6-8-15(26-12)11-5-7-14(20)13(9-11)18(23)25-4-2/h5-10H,3-4H2,1-2H3/b16-10+. The molecular weight excluding hydrogens is 390 g/mol. The highest BCUT2D eigenvalue weighted by Crippen LogP contribution is 2.33. The number of rotatable bonds is 5. The molecule has 3 rings (SSSR count). The van der Waals surface area contributed by atoms with E-state index in [4.69, 9.17) is 20.8 Å². The molecule has 0 bridgehead atoms. The monoisotopic (exact) mass is 405 g/mol. The topological polar surface area (TPSA) is 76.8 Å². The predicted molar refractivity (Wildman–Crippen MR) is 103 cm³/mol. The third kappa shape index (κ3) is 3.94. The van der Waals surface area contributed by atoms with Crippen LogP contribution in [0.3, 0.4) is 0 Å². The fourth-order valence-electron chi connectivity index (χ4n) is 2.53. The highest BCUT2D eigenvalue weighted by Gasteiger charge is 2.33. The summed E-state index contributed by atoms with van der Waals surface area (Å²) < 4.78 is 10.7. The van der Waals surface area contributed by atoms with E-state index in [0.29, 0.717) is 28.5 Å². The van der Waals surface area contributed by atoms with Gasteiger partial charge in [0.1, 0.15) is 11.5 Å². The van der Waals surface area contributed by atoms with Crippen molar-refractivity contribution in [2.75, 3.05) is 13.2 Å². The molecule has 0 spiro atoms. The molecule has 0 saturated carbocycles. The molecule has 1 aliphatic rings. The second-order valence-corrected chi connectivity index (χ2v) is 6.94. The number of ether oxygens (including phenoxy) is 1. The number of amides is 2. The Morgan fingerprint density at radius 3 is 2.70 bits per heavy atom. The Morgan fingerprint density at radius 2 is 2.04 bits per heavy atom. The smallest absolute Gasteiger partial charge is 0.339 e. The van der Waals surface area contributed by atoms with Gasteiger partial charge in [0.05, 0.1) is 22.1 Å². The van der Waals surface area contributed by atoms with Gasteiger partial charge in [0.15, 0.2) is 0 Å². The SMILES string of the molecule is CCOC(=O)c1cc(-c2ccc(/C=C3/SC(=O)N(CC)C3=O)o2)ccc1Cl. The van der Waals surface area contributed by atoms with Crippen molar-refractivity contribution in [3.8, 4) is 11.3 Å². The van der Waals surface area contributed by atoms with Gasteiger partial charge >= 0.3 is 5.97 Å². The van der Waals surface area contributed by atoms with Crippen molar-refractivity contribution in [1.82, 2.24) is 4.90 Å². The van der Waals surface area contributed by atoms with Crippen molar-refractivity contribution in [2.24, 2.45) is 0 Å². The molecule has 0 N–H and O–H groups in total. The number of esters is 1. The van der Waals surface area contributed by atoms with Crippen molar-refractivity contribution in [3.63, 3.8) is 0 Å². The lowest BCUT2D eigenvalue weighted by Crippen LogP contribution is -2.27. The second-order valence-electron chi connectivity index (χ2n) is 5.54. The Kier molecular flexibility index (Phi) is 5.72. The first-order valence-corrected chi connectivity index (χ1v) is 9.46. The molecule has 1 fully saturated rings. The lowest BCUT2D eigenvalue weighted by molar-refractivity contribution is -0.122. The molecule has 27 heavy (non-hydrogen) atoms. The van der Waals surface area contributed by atoms with Gasteiger partial charge in [-0.25, -0.2) is 4.79 Å². The molecule has 8 heteroatoms. The number of imide groups is 1. The first kappa shape index (κ1) is 19.3. The minimum absolute atomic E-state index is 0.247. The summed E-state index contributed by atoms with van der Waals surface area (Å²) in [6.45, 7) is 4.03. The van der Waals surface area contributed by atoms with Gasteiger partial charge in [0, 0.05) is 18.2 Å². The summed E-state index contributed by atoms with van der Waals surface area (Å²) in [5.74, 6) is 0.0864. The van der Waals surface area contributed by atoms with Crippen molar-refractivity contribution in [1.29, 1.82) is 0 Å². The first-order chi connectivity index (χ1) is 12.9. The summed E-state index contributed by atoms with van der Waals surface area (Å²) in [6.07, 6.45) is 1.53. The molecule has 0 unspecified atom stereocenters. The number of hydrogen-bond acceptors (Lipinski definition) is 6. The van der Waals surface area contributed by atoms with Gasteiger partial charge in [-0.05, 0) is 55.9 Å². The van der Waals surface area contributed by atoms with Crippen LogP contribution in [0.1, 0.15) is 30.0 Å². The Morgan fingerprint density at radius 1 is 1.26 bits per heavy atom. The van der Waals surface area contributed by atoms with E-state index in [1.54, 1.807) is 44.2 Å². The van der Waals surface area contributed by atoms with E-state index >= 15 is 0 Å². The highest BCUT2D eigenvalue weighted by atomic mass is 35.5. The third-order valence-corrected chi connectivity index (χ3v) is 5.07. The van der Waals surface area contributed by atoms with E-state index in [9.17, 15) is 14.4 Å². The molecule has 1 aromatic carbocycles. The van der Waals surface area contributed by atoms with E-state index < -0.39 is 5.97 Å². The van der Waals surface area contributed by atoms with Crippen LogP contribution >= 0.6 is 23.4 Å². The molecular formula is C19H16ClNO5S. The summed E-state index contributed by atoms with van der Waals surface area (Å²) in [7, 11) is 0. The number of benzene rings is 1. The number of nitrogens with zero attached hydrogens (tertiary/aromatic N) is 1. The molecule has 6 nitrogen and oxygen atoms in total. The molecule has 0 atom stereocenters. The number of halogens is 1. The number of hydrogen-bond donors (Lipinski definition) is 0. The van der Waals surface area contributed by atoms with Crippen LogP contribution in [-0.4, -0.2) is 35.2 Å². The third-order valence-electron chi connectivity index (χ3n) is 3.84. The lowest BCUT2D eigenvalue weighted by atomic mass is 10.1. The normalized spacial score (nSPS) is 15.7. The van der Waals surface area contributed by atoms with Gasteiger partial charge in [0.25, 0.3) is 11.1 Å². The quantitative estimate of drug-likeness (QED) is 0.523. The van der Waals surface area contributed by atoms with Crippen LogP contribution in [0.25, 0.3) is 17.4 Å². The summed E-state index contributed by atoms with van der Waals surface area (Å²) >= 11 is 6.95. The predicted octanol–water partition coefficient (Wildman–Crippen LogP) is 4.83. The zero-order valence-electron chi connectivity index (χ0n) is 14.7. The van der Waals surface area contributed by atoms with Crippen LogP contribution in [0, 0.1) is 0 Å². The summed E-state index contributed by atoms with van der Waals surface area (Å²) in [6, 6.07) is 8.31. The summed E-state index contributed by atoms with van der Waals surface area (Å²) in [5, 5.41) is -0.00507. The fourth-order valence-corrected chi connectivity index (χ4v) is 3.61. The van der Waals surface area contributed by atoms with Crippen molar-refractivity contribution in [3.05, 3.63) is 51.6 Å². The number of carbonyl (C=O) groups excluding carboxylic acids is 3. The number of thioether (sulfide) groups is 1. The summed E-state index contributed by atoms with van der Waals surface area (Å²) in [5.41, 5.74) is 0.891. The molecule has 0 aliphatic carbocycles. The average Bonchev–Trinajstić information content (AvgIpc) is 3.20. The van der Waals surface area contributed by atoms with E-state index in [0.717, 1.165) is 11.8 Å². The molecule has 140 valence electrons.